The van der Waals surface area contributed by atoms with Gasteiger partial charge in [-0.25, -0.2) is 14.8 Å². The summed E-state index contributed by atoms with van der Waals surface area (Å²) in [6.45, 7) is 3.28. The van der Waals surface area contributed by atoms with Gasteiger partial charge in [-0.2, -0.15) is 0 Å². The van der Waals surface area contributed by atoms with Gasteiger partial charge < -0.3 is 10.0 Å². The van der Waals surface area contributed by atoms with Gasteiger partial charge in [-0.1, -0.05) is 0 Å². The average molecular weight is 257 g/mol. The summed E-state index contributed by atoms with van der Waals surface area (Å²) < 4.78 is 0. The molecular weight excluding hydrogens is 244 g/mol. The maximum absolute atomic E-state index is 10.7. The molecule has 1 N–H and O–H groups in total. The van der Waals surface area contributed by atoms with Crippen LogP contribution in [0, 0.1) is 0 Å². The monoisotopic (exact) mass is 256 g/mol. The lowest BCUT2D eigenvalue weighted by Crippen LogP contribution is -2.47. The molecule has 2 rings (SSSR count). The van der Waals surface area contributed by atoms with E-state index in [1.165, 1.54) is 4.90 Å². The standard InChI is InChI=1S/C10H13ClN4O2/c11-9-12-5-8(6-13-9)7-14-1-3-15(4-2-14)10(16)17/h5-6H,1-4,7H2,(H,16,17). The van der Waals surface area contributed by atoms with E-state index in [0.717, 1.165) is 25.2 Å². The third-order valence-electron chi connectivity index (χ3n) is 2.72. The molecule has 1 aromatic rings. The fourth-order valence-electron chi connectivity index (χ4n) is 1.78. The number of hydrogen-bond acceptors (Lipinski definition) is 4. The number of piperazine rings is 1. The Morgan fingerprint density at radius 2 is 1.88 bits per heavy atom. The SMILES string of the molecule is O=C(O)N1CCN(Cc2cnc(Cl)nc2)CC1. The zero-order valence-electron chi connectivity index (χ0n) is 9.21. The van der Waals surface area contributed by atoms with Gasteiger partial charge in [-0.3, -0.25) is 4.90 Å². The third kappa shape index (κ3) is 3.28. The van der Waals surface area contributed by atoms with E-state index in [-0.39, 0.29) is 5.28 Å². The Bertz CT molecular complexity index is 390. The zero-order chi connectivity index (χ0) is 12.3. The lowest BCUT2D eigenvalue weighted by molar-refractivity contribution is 0.103. The van der Waals surface area contributed by atoms with Crippen LogP contribution in [0.15, 0.2) is 12.4 Å². The minimum Gasteiger partial charge on any atom is -0.465 e. The molecule has 1 fully saturated rings. The number of rotatable bonds is 2. The van der Waals surface area contributed by atoms with Crippen LogP contribution >= 0.6 is 11.6 Å². The van der Waals surface area contributed by atoms with E-state index in [0.29, 0.717) is 13.1 Å². The molecule has 6 nitrogen and oxygen atoms in total. The van der Waals surface area contributed by atoms with Crippen molar-refractivity contribution in [2.24, 2.45) is 0 Å². The van der Waals surface area contributed by atoms with Crippen LogP contribution in [0.4, 0.5) is 4.79 Å². The topological polar surface area (TPSA) is 69.6 Å². The normalized spacial score (nSPS) is 17.1. The minimum atomic E-state index is -0.848. The van der Waals surface area contributed by atoms with Gasteiger partial charge in [0.1, 0.15) is 0 Å². The molecule has 92 valence electrons. The first kappa shape index (κ1) is 12.1. The van der Waals surface area contributed by atoms with Crippen molar-refractivity contribution in [1.29, 1.82) is 0 Å². The Morgan fingerprint density at radius 3 is 2.41 bits per heavy atom. The summed E-state index contributed by atoms with van der Waals surface area (Å²) in [7, 11) is 0. The molecule has 2 heterocycles. The molecule has 0 aliphatic carbocycles. The van der Waals surface area contributed by atoms with E-state index < -0.39 is 6.09 Å². The Morgan fingerprint density at radius 1 is 1.29 bits per heavy atom. The Balaban J connectivity index is 1.85. The molecular formula is C10H13ClN4O2. The number of halogens is 1. The largest absolute Gasteiger partial charge is 0.465 e. The van der Waals surface area contributed by atoms with E-state index in [9.17, 15) is 4.79 Å². The van der Waals surface area contributed by atoms with Crippen molar-refractivity contribution in [1.82, 2.24) is 19.8 Å². The molecule has 1 aromatic heterocycles. The summed E-state index contributed by atoms with van der Waals surface area (Å²) in [5.74, 6) is 0. The minimum absolute atomic E-state index is 0.240. The molecule has 0 bridgehead atoms. The fraction of sp³-hybridized carbons (Fsp3) is 0.500. The summed E-state index contributed by atoms with van der Waals surface area (Å²) in [5.41, 5.74) is 0.984. The van der Waals surface area contributed by atoms with Crippen LogP contribution < -0.4 is 0 Å². The molecule has 0 aromatic carbocycles. The summed E-state index contributed by atoms with van der Waals surface area (Å²) in [6, 6.07) is 0. The van der Waals surface area contributed by atoms with Crippen molar-refractivity contribution < 1.29 is 9.90 Å². The number of carbonyl (C=O) groups is 1. The molecule has 0 unspecified atom stereocenters. The first-order valence-corrected chi connectivity index (χ1v) is 5.69. The van der Waals surface area contributed by atoms with Crippen LogP contribution in [0.3, 0.4) is 0 Å². The van der Waals surface area contributed by atoms with Crippen molar-refractivity contribution >= 4 is 17.7 Å². The smallest absolute Gasteiger partial charge is 0.407 e. The van der Waals surface area contributed by atoms with Crippen LogP contribution in [0.2, 0.25) is 5.28 Å². The predicted octanol–water partition coefficient (Wildman–Crippen LogP) is 0.926. The highest BCUT2D eigenvalue weighted by Crippen LogP contribution is 2.08. The van der Waals surface area contributed by atoms with Crippen LogP contribution in [0.1, 0.15) is 5.56 Å². The fourth-order valence-corrected chi connectivity index (χ4v) is 1.87. The van der Waals surface area contributed by atoms with Gasteiger partial charge >= 0.3 is 6.09 Å². The van der Waals surface area contributed by atoms with Crippen LogP contribution in [0.25, 0.3) is 0 Å². The molecule has 1 aliphatic rings. The first-order valence-electron chi connectivity index (χ1n) is 5.32. The van der Waals surface area contributed by atoms with Gasteiger partial charge in [0.15, 0.2) is 0 Å². The summed E-state index contributed by atoms with van der Waals surface area (Å²) >= 11 is 5.60. The van der Waals surface area contributed by atoms with E-state index in [1.54, 1.807) is 12.4 Å². The third-order valence-corrected chi connectivity index (χ3v) is 2.92. The van der Waals surface area contributed by atoms with Gasteiger partial charge in [0.05, 0.1) is 0 Å². The van der Waals surface area contributed by atoms with Crippen LogP contribution in [-0.4, -0.2) is 57.1 Å². The van der Waals surface area contributed by atoms with Gasteiger partial charge in [0.2, 0.25) is 5.28 Å². The first-order chi connectivity index (χ1) is 8.15. The Kier molecular flexibility index (Phi) is 3.75. The Hall–Kier alpha value is -1.40. The maximum atomic E-state index is 10.7. The average Bonchev–Trinajstić information content (AvgIpc) is 2.33. The van der Waals surface area contributed by atoms with Crippen molar-refractivity contribution in [2.75, 3.05) is 26.2 Å². The van der Waals surface area contributed by atoms with Crippen LogP contribution in [-0.2, 0) is 6.54 Å². The second-order valence-electron chi connectivity index (χ2n) is 3.91. The lowest BCUT2D eigenvalue weighted by Gasteiger charge is -2.32. The number of nitrogens with zero attached hydrogens (tertiary/aromatic N) is 4. The number of hydrogen-bond donors (Lipinski definition) is 1. The van der Waals surface area contributed by atoms with E-state index in [1.807, 2.05) is 0 Å². The van der Waals surface area contributed by atoms with E-state index in [2.05, 4.69) is 14.9 Å². The number of aromatic nitrogens is 2. The molecule has 0 radical (unpaired) electrons. The molecule has 0 saturated carbocycles. The molecule has 0 spiro atoms. The summed E-state index contributed by atoms with van der Waals surface area (Å²) in [4.78, 5) is 22.1. The summed E-state index contributed by atoms with van der Waals surface area (Å²) in [6.07, 6.45) is 2.54. The number of carboxylic acid groups (broad SMARTS) is 1. The highest BCUT2D eigenvalue weighted by atomic mass is 35.5. The molecule has 7 heteroatoms. The molecule has 0 atom stereocenters. The maximum Gasteiger partial charge on any atom is 0.407 e. The summed E-state index contributed by atoms with van der Waals surface area (Å²) in [5, 5.41) is 9.06. The van der Waals surface area contributed by atoms with Gasteiger partial charge in [-0.05, 0) is 11.6 Å². The van der Waals surface area contributed by atoms with Crippen LogP contribution in [0.5, 0.6) is 0 Å². The molecule has 1 saturated heterocycles. The van der Waals surface area contributed by atoms with E-state index >= 15 is 0 Å². The lowest BCUT2D eigenvalue weighted by atomic mass is 10.2. The predicted molar refractivity (Wildman–Crippen MR) is 61.9 cm³/mol. The highest BCUT2D eigenvalue weighted by Gasteiger charge is 2.20. The second kappa shape index (κ2) is 5.29. The van der Waals surface area contributed by atoms with E-state index in [4.69, 9.17) is 16.7 Å². The quantitative estimate of drug-likeness (QED) is 0.797. The van der Waals surface area contributed by atoms with Crippen molar-refractivity contribution in [3.63, 3.8) is 0 Å². The van der Waals surface area contributed by atoms with Crippen molar-refractivity contribution in [3.05, 3.63) is 23.2 Å². The zero-order valence-corrected chi connectivity index (χ0v) is 9.97. The van der Waals surface area contributed by atoms with Gasteiger partial charge in [-0.15, -0.1) is 0 Å². The molecule has 1 aliphatic heterocycles. The second-order valence-corrected chi connectivity index (χ2v) is 4.24. The van der Waals surface area contributed by atoms with Crippen molar-refractivity contribution in [3.8, 4) is 0 Å². The highest BCUT2D eigenvalue weighted by molar-refractivity contribution is 6.28. The van der Waals surface area contributed by atoms with Crippen molar-refractivity contribution in [2.45, 2.75) is 6.54 Å². The molecule has 1 amide bonds. The Labute approximate surface area is 104 Å². The molecule has 17 heavy (non-hydrogen) atoms. The number of amides is 1. The van der Waals surface area contributed by atoms with Gasteiger partial charge in [0, 0.05) is 50.7 Å². The van der Waals surface area contributed by atoms with Gasteiger partial charge in [0.25, 0.3) is 0 Å².